The molecule has 104 valence electrons. The van der Waals surface area contributed by atoms with E-state index in [0.29, 0.717) is 6.54 Å². The lowest BCUT2D eigenvalue weighted by Crippen LogP contribution is -2.37. The quantitative estimate of drug-likeness (QED) is 0.914. The van der Waals surface area contributed by atoms with Crippen LogP contribution in [0.1, 0.15) is 5.56 Å². The molecule has 1 saturated heterocycles. The minimum absolute atomic E-state index is 0.542. The minimum atomic E-state index is 0.542. The monoisotopic (exact) mass is 270 g/mol. The molecule has 0 saturated carbocycles. The molecule has 3 rings (SSSR count). The maximum Gasteiger partial charge on any atom is 0.225 e. The Labute approximate surface area is 118 Å². The van der Waals surface area contributed by atoms with E-state index in [1.807, 2.05) is 30.6 Å². The van der Waals surface area contributed by atoms with Crippen LogP contribution < -0.4 is 10.6 Å². The van der Waals surface area contributed by atoms with Crippen molar-refractivity contribution in [2.45, 2.75) is 6.54 Å². The van der Waals surface area contributed by atoms with Gasteiger partial charge in [-0.3, -0.25) is 0 Å². The van der Waals surface area contributed by atoms with Crippen LogP contribution in [0.5, 0.6) is 0 Å². The number of hydrogen-bond donors (Lipinski definition) is 1. The Kier molecular flexibility index (Phi) is 3.90. The Bertz CT molecular complexity index is 564. The number of morpholine rings is 1. The van der Waals surface area contributed by atoms with Crippen LogP contribution >= 0.6 is 0 Å². The van der Waals surface area contributed by atoms with Gasteiger partial charge in [-0.05, 0) is 17.2 Å². The first-order valence-electron chi connectivity index (χ1n) is 6.81. The van der Waals surface area contributed by atoms with Gasteiger partial charge >= 0.3 is 0 Å². The Hall–Kier alpha value is -1.98. The fraction of sp³-hybridized carbons (Fsp3) is 0.333. The normalized spacial score (nSPS) is 15.3. The lowest BCUT2D eigenvalue weighted by atomic mass is 10.1. The van der Waals surface area contributed by atoms with Crippen LogP contribution in [-0.4, -0.2) is 36.3 Å². The first kappa shape index (κ1) is 13.0. The molecule has 0 radical (unpaired) electrons. The van der Waals surface area contributed by atoms with Gasteiger partial charge in [0.05, 0.1) is 13.2 Å². The van der Waals surface area contributed by atoms with E-state index in [1.165, 1.54) is 0 Å². The van der Waals surface area contributed by atoms with Crippen molar-refractivity contribution in [2.75, 3.05) is 31.2 Å². The van der Waals surface area contributed by atoms with Crippen LogP contribution in [0.15, 0.2) is 36.7 Å². The van der Waals surface area contributed by atoms with E-state index in [2.05, 4.69) is 20.9 Å². The molecule has 1 aromatic heterocycles. The van der Waals surface area contributed by atoms with Crippen LogP contribution in [0.2, 0.25) is 0 Å². The third-order valence-corrected chi connectivity index (χ3v) is 3.43. The zero-order valence-corrected chi connectivity index (χ0v) is 11.3. The molecule has 0 bridgehead atoms. The average Bonchev–Trinajstić information content (AvgIpc) is 2.56. The molecule has 0 aliphatic carbocycles. The molecule has 0 spiro atoms. The van der Waals surface area contributed by atoms with Gasteiger partial charge in [-0.15, -0.1) is 0 Å². The van der Waals surface area contributed by atoms with E-state index in [4.69, 9.17) is 10.5 Å². The van der Waals surface area contributed by atoms with Gasteiger partial charge in [-0.2, -0.15) is 0 Å². The highest BCUT2D eigenvalue weighted by atomic mass is 16.5. The number of nitrogens with zero attached hydrogens (tertiary/aromatic N) is 3. The van der Waals surface area contributed by atoms with Gasteiger partial charge < -0.3 is 15.4 Å². The predicted octanol–water partition coefficient (Wildman–Crippen LogP) is 1.44. The topological polar surface area (TPSA) is 64.3 Å². The molecule has 2 aromatic rings. The fourth-order valence-electron chi connectivity index (χ4n) is 2.27. The molecule has 1 aromatic carbocycles. The standard InChI is InChI=1S/C15H18N4O/c16-9-12-2-1-3-13(8-12)14-10-17-15(18-11-14)19-4-6-20-7-5-19/h1-3,8,10-11H,4-7,9,16H2. The van der Waals surface area contributed by atoms with Crippen molar-refractivity contribution in [2.24, 2.45) is 5.73 Å². The van der Waals surface area contributed by atoms with Crippen molar-refractivity contribution in [1.29, 1.82) is 0 Å². The summed E-state index contributed by atoms with van der Waals surface area (Å²) in [7, 11) is 0. The van der Waals surface area contributed by atoms with Crippen LogP contribution in [0.4, 0.5) is 5.95 Å². The maximum atomic E-state index is 5.67. The van der Waals surface area contributed by atoms with Crippen molar-refractivity contribution in [3.05, 3.63) is 42.2 Å². The SMILES string of the molecule is NCc1cccc(-c2cnc(N3CCOCC3)nc2)c1. The number of ether oxygens (including phenoxy) is 1. The molecule has 20 heavy (non-hydrogen) atoms. The summed E-state index contributed by atoms with van der Waals surface area (Å²) in [5.74, 6) is 0.770. The van der Waals surface area contributed by atoms with E-state index < -0.39 is 0 Å². The van der Waals surface area contributed by atoms with E-state index in [1.54, 1.807) is 0 Å². The lowest BCUT2D eigenvalue weighted by molar-refractivity contribution is 0.122. The zero-order chi connectivity index (χ0) is 13.8. The molecule has 0 atom stereocenters. The second-order valence-electron chi connectivity index (χ2n) is 4.78. The number of anilines is 1. The van der Waals surface area contributed by atoms with Crippen molar-refractivity contribution >= 4 is 5.95 Å². The maximum absolute atomic E-state index is 5.67. The Morgan fingerprint density at radius 2 is 1.85 bits per heavy atom. The van der Waals surface area contributed by atoms with Gasteiger partial charge in [0, 0.05) is 37.6 Å². The van der Waals surface area contributed by atoms with Gasteiger partial charge in [0.25, 0.3) is 0 Å². The van der Waals surface area contributed by atoms with Crippen molar-refractivity contribution in [3.8, 4) is 11.1 Å². The van der Waals surface area contributed by atoms with Gasteiger partial charge in [0.2, 0.25) is 5.95 Å². The molecule has 5 heteroatoms. The predicted molar refractivity (Wildman–Crippen MR) is 78.4 cm³/mol. The van der Waals surface area contributed by atoms with Crippen LogP contribution in [0.25, 0.3) is 11.1 Å². The van der Waals surface area contributed by atoms with Gasteiger partial charge in [-0.25, -0.2) is 9.97 Å². The third kappa shape index (κ3) is 2.79. The van der Waals surface area contributed by atoms with E-state index in [0.717, 1.165) is 48.9 Å². The summed E-state index contributed by atoms with van der Waals surface area (Å²) in [6, 6.07) is 8.15. The summed E-state index contributed by atoms with van der Waals surface area (Å²) >= 11 is 0. The van der Waals surface area contributed by atoms with Gasteiger partial charge in [0.1, 0.15) is 0 Å². The molecule has 1 aliphatic rings. The summed E-state index contributed by atoms with van der Waals surface area (Å²) in [5, 5.41) is 0. The van der Waals surface area contributed by atoms with Crippen LogP contribution in [-0.2, 0) is 11.3 Å². The largest absolute Gasteiger partial charge is 0.378 e. The highest BCUT2D eigenvalue weighted by molar-refractivity contribution is 5.62. The summed E-state index contributed by atoms with van der Waals surface area (Å²) in [5.41, 5.74) is 8.89. The molecule has 0 unspecified atom stereocenters. The molecule has 5 nitrogen and oxygen atoms in total. The number of aromatic nitrogens is 2. The molecule has 1 fully saturated rings. The van der Waals surface area contributed by atoms with Gasteiger partial charge in [0.15, 0.2) is 0 Å². The molecular formula is C15H18N4O. The average molecular weight is 270 g/mol. The number of nitrogens with two attached hydrogens (primary N) is 1. The van der Waals surface area contributed by atoms with Crippen molar-refractivity contribution < 1.29 is 4.74 Å². The summed E-state index contributed by atoms with van der Waals surface area (Å²) in [6.07, 6.45) is 3.74. The molecule has 2 N–H and O–H groups in total. The van der Waals surface area contributed by atoms with Crippen LogP contribution in [0.3, 0.4) is 0 Å². The summed E-state index contributed by atoms with van der Waals surface area (Å²) in [6.45, 7) is 3.72. The first-order valence-corrected chi connectivity index (χ1v) is 6.81. The fourth-order valence-corrected chi connectivity index (χ4v) is 2.27. The summed E-state index contributed by atoms with van der Waals surface area (Å²) < 4.78 is 5.33. The number of benzene rings is 1. The minimum Gasteiger partial charge on any atom is -0.378 e. The molecule has 2 heterocycles. The van der Waals surface area contributed by atoms with Crippen LogP contribution in [0, 0.1) is 0 Å². The highest BCUT2D eigenvalue weighted by Crippen LogP contribution is 2.20. The number of rotatable bonds is 3. The van der Waals surface area contributed by atoms with Crippen molar-refractivity contribution in [3.63, 3.8) is 0 Å². The van der Waals surface area contributed by atoms with Crippen molar-refractivity contribution in [1.82, 2.24) is 9.97 Å². The summed E-state index contributed by atoms with van der Waals surface area (Å²) in [4.78, 5) is 11.1. The lowest BCUT2D eigenvalue weighted by Gasteiger charge is -2.26. The molecule has 1 aliphatic heterocycles. The van der Waals surface area contributed by atoms with E-state index in [9.17, 15) is 0 Å². The van der Waals surface area contributed by atoms with E-state index >= 15 is 0 Å². The Balaban J connectivity index is 1.81. The molecule has 0 amide bonds. The Morgan fingerprint density at radius 3 is 2.55 bits per heavy atom. The smallest absolute Gasteiger partial charge is 0.225 e. The Morgan fingerprint density at radius 1 is 1.10 bits per heavy atom. The second-order valence-corrected chi connectivity index (χ2v) is 4.78. The second kappa shape index (κ2) is 5.98. The first-order chi connectivity index (χ1) is 9.86. The third-order valence-electron chi connectivity index (χ3n) is 3.43. The van der Waals surface area contributed by atoms with Gasteiger partial charge in [-0.1, -0.05) is 18.2 Å². The molecular weight excluding hydrogens is 252 g/mol. The van der Waals surface area contributed by atoms with E-state index in [-0.39, 0.29) is 0 Å². The number of hydrogen-bond acceptors (Lipinski definition) is 5. The zero-order valence-electron chi connectivity index (χ0n) is 11.3. The highest BCUT2D eigenvalue weighted by Gasteiger charge is 2.13.